The summed E-state index contributed by atoms with van der Waals surface area (Å²) in [4.78, 5) is 16.7. The number of hydrogen-bond acceptors (Lipinski definition) is 5. The minimum Gasteiger partial charge on any atom is -0.493 e. The Morgan fingerprint density at radius 1 is 1.27 bits per heavy atom. The molecule has 1 heterocycles. The number of carbonyl (C=O) groups is 1. The van der Waals surface area contributed by atoms with Crippen LogP contribution in [0.4, 0.5) is 18.0 Å². The molecule has 0 aliphatic rings. The molecule has 0 saturated heterocycles. The molecule has 2 N–H and O–H groups in total. The predicted octanol–water partition coefficient (Wildman–Crippen LogP) is 2.18. The number of benzene rings is 1. The molecule has 0 aliphatic carbocycles. The number of ether oxygens (including phenoxy) is 2. The maximum Gasteiger partial charge on any atom is 0.453 e. The molecule has 0 unspecified atom stereocenters. The number of aromatic amines is 1. The van der Waals surface area contributed by atoms with Gasteiger partial charge in [-0.25, -0.2) is 9.78 Å². The molecule has 142 valence electrons. The van der Waals surface area contributed by atoms with Crippen molar-refractivity contribution in [1.29, 1.82) is 0 Å². The first-order chi connectivity index (χ1) is 12.2. The third-order valence-electron chi connectivity index (χ3n) is 3.41. The lowest BCUT2D eigenvalue weighted by Crippen LogP contribution is -2.36. The van der Waals surface area contributed by atoms with Crippen LogP contribution in [0.15, 0.2) is 18.2 Å². The highest BCUT2D eigenvalue weighted by molar-refractivity contribution is 5.73. The number of alkyl halides is 3. The average Bonchev–Trinajstić information content (AvgIpc) is 3.08. The summed E-state index contributed by atoms with van der Waals surface area (Å²) >= 11 is 0. The highest BCUT2D eigenvalue weighted by Gasteiger charge is 2.36. The number of aromatic nitrogens is 3. The fourth-order valence-electron chi connectivity index (χ4n) is 2.12. The van der Waals surface area contributed by atoms with Crippen molar-refractivity contribution in [2.24, 2.45) is 0 Å². The van der Waals surface area contributed by atoms with Crippen LogP contribution in [0, 0.1) is 0 Å². The number of halogens is 3. The first kappa shape index (κ1) is 19.3. The van der Waals surface area contributed by atoms with Gasteiger partial charge in [0.25, 0.3) is 5.82 Å². The number of urea groups is 1. The lowest BCUT2D eigenvalue weighted by molar-refractivity contribution is -0.144. The SMILES string of the molecule is COc1ccc(CN(C)C(=O)NCc2nc(C(F)(F)F)n[nH]2)cc1OC. The van der Waals surface area contributed by atoms with Gasteiger partial charge < -0.3 is 19.7 Å². The van der Waals surface area contributed by atoms with Crippen molar-refractivity contribution in [3.05, 3.63) is 35.4 Å². The van der Waals surface area contributed by atoms with Crippen LogP contribution in [-0.2, 0) is 19.3 Å². The van der Waals surface area contributed by atoms with Gasteiger partial charge in [0.15, 0.2) is 11.5 Å². The van der Waals surface area contributed by atoms with Gasteiger partial charge in [-0.15, -0.1) is 5.10 Å². The third kappa shape index (κ3) is 4.77. The van der Waals surface area contributed by atoms with Crippen LogP contribution >= 0.6 is 0 Å². The van der Waals surface area contributed by atoms with Crippen LogP contribution in [0.25, 0.3) is 0 Å². The lowest BCUT2D eigenvalue weighted by atomic mass is 10.2. The topological polar surface area (TPSA) is 92.4 Å². The van der Waals surface area contributed by atoms with Crippen molar-refractivity contribution >= 4 is 6.03 Å². The second-order valence-corrected chi connectivity index (χ2v) is 5.31. The Kier molecular flexibility index (Phi) is 5.90. The summed E-state index contributed by atoms with van der Waals surface area (Å²) in [5.74, 6) is -0.278. The van der Waals surface area contributed by atoms with Gasteiger partial charge in [0.05, 0.1) is 20.8 Å². The monoisotopic (exact) mass is 373 g/mol. The summed E-state index contributed by atoms with van der Waals surface area (Å²) in [7, 11) is 4.57. The molecule has 2 rings (SSSR count). The Hall–Kier alpha value is -2.98. The van der Waals surface area contributed by atoms with Gasteiger partial charge in [0.2, 0.25) is 0 Å². The van der Waals surface area contributed by atoms with Crippen LogP contribution in [0.1, 0.15) is 17.2 Å². The Labute approximate surface area is 147 Å². The summed E-state index contributed by atoms with van der Waals surface area (Å²) in [5, 5.41) is 7.67. The molecular formula is C15H18F3N5O3. The van der Waals surface area contributed by atoms with Crippen molar-refractivity contribution in [3.63, 3.8) is 0 Å². The summed E-state index contributed by atoms with van der Waals surface area (Å²) in [6.07, 6.45) is -4.64. The van der Waals surface area contributed by atoms with E-state index in [1.807, 2.05) is 0 Å². The van der Waals surface area contributed by atoms with Crippen molar-refractivity contribution in [2.45, 2.75) is 19.3 Å². The molecule has 0 bridgehead atoms. The largest absolute Gasteiger partial charge is 0.493 e. The Morgan fingerprint density at radius 3 is 2.54 bits per heavy atom. The minimum atomic E-state index is -4.64. The summed E-state index contributed by atoms with van der Waals surface area (Å²) in [6.45, 7) is 0.0502. The predicted molar refractivity (Wildman–Crippen MR) is 84.6 cm³/mol. The summed E-state index contributed by atoms with van der Waals surface area (Å²) < 4.78 is 47.6. The molecule has 2 aromatic rings. The van der Waals surface area contributed by atoms with Crippen molar-refractivity contribution in [1.82, 2.24) is 25.4 Å². The highest BCUT2D eigenvalue weighted by atomic mass is 19.4. The van der Waals surface area contributed by atoms with Crippen LogP contribution in [-0.4, -0.2) is 47.4 Å². The van der Waals surface area contributed by atoms with E-state index in [4.69, 9.17) is 9.47 Å². The molecule has 0 atom stereocenters. The molecule has 8 nitrogen and oxygen atoms in total. The van der Waals surface area contributed by atoms with E-state index in [9.17, 15) is 18.0 Å². The quantitative estimate of drug-likeness (QED) is 0.810. The maximum absolute atomic E-state index is 12.4. The molecule has 1 aromatic heterocycles. The standard InChI is InChI=1S/C15H18F3N5O3/c1-23(8-9-4-5-10(25-2)11(6-9)26-3)14(24)19-7-12-20-13(22-21-12)15(16,17)18/h4-6H,7-8H2,1-3H3,(H,19,24)(H,20,21,22). The van der Waals surface area contributed by atoms with Gasteiger partial charge in [0, 0.05) is 13.6 Å². The van der Waals surface area contributed by atoms with Crippen LogP contribution in [0.2, 0.25) is 0 Å². The van der Waals surface area contributed by atoms with Crippen LogP contribution in [0.3, 0.4) is 0 Å². The van der Waals surface area contributed by atoms with Gasteiger partial charge in [-0.1, -0.05) is 6.07 Å². The van der Waals surface area contributed by atoms with E-state index in [0.29, 0.717) is 11.5 Å². The molecule has 0 saturated carbocycles. The molecule has 11 heteroatoms. The van der Waals surface area contributed by atoms with E-state index < -0.39 is 18.0 Å². The molecule has 2 amide bonds. The normalized spacial score (nSPS) is 11.2. The molecule has 26 heavy (non-hydrogen) atoms. The molecular weight excluding hydrogens is 355 g/mol. The van der Waals surface area contributed by atoms with E-state index in [0.717, 1.165) is 5.56 Å². The second-order valence-electron chi connectivity index (χ2n) is 5.31. The van der Waals surface area contributed by atoms with Crippen molar-refractivity contribution < 1.29 is 27.4 Å². The number of nitrogens with zero attached hydrogens (tertiary/aromatic N) is 3. The average molecular weight is 373 g/mol. The maximum atomic E-state index is 12.4. The zero-order valence-electron chi connectivity index (χ0n) is 14.3. The number of hydrogen-bond donors (Lipinski definition) is 2. The van der Waals surface area contributed by atoms with Gasteiger partial charge in [-0.05, 0) is 17.7 Å². The lowest BCUT2D eigenvalue weighted by Gasteiger charge is -2.18. The molecule has 0 radical (unpaired) electrons. The number of carbonyl (C=O) groups excluding carboxylic acids is 1. The van der Waals surface area contributed by atoms with Crippen LogP contribution < -0.4 is 14.8 Å². The minimum absolute atomic E-state index is 0.0924. The summed E-state index contributed by atoms with van der Waals surface area (Å²) in [6, 6.07) is 4.74. The Balaban J connectivity index is 1.92. The van der Waals surface area contributed by atoms with Crippen LogP contribution in [0.5, 0.6) is 11.5 Å². The molecule has 1 aromatic carbocycles. The van der Waals surface area contributed by atoms with Gasteiger partial charge in [-0.2, -0.15) is 13.2 Å². The second kappa shape index (κ2) is 7.93. The zero-order valence-corrected chi connectivity index (χ0v) is 14.3. The van der Waals surface area contributed by atoms with Gasteiger partial charge >= 0.3 is 12.2 Å². The fourth-order valence-corrected chi connectivity index (χ4v) is 2.12. The number of amides is 2. The fraction of sp³-hybridized carbons (Fsp3) is 0.400. The number of nitrogens with one attached hydrogen (secondary N) is 2. The highest BCUT2D eigenvalue weighted by Crippen LogP contribution is 2.28. The number of methoxy groups -OCH3 is 2. The van der Waals surface area contributed by atoms with E-state index in [-0.39, 0.29) is 18.9 Å². The zero-order chi connectivity index (χ0) is 19.3. The van der Waals surface area contributed by atoms with E-state index >= 15 is 0 Å². The first-order valence-corrected chi connectivity index (χ1v) is 7.43. The van der Waals surface area contributed by atoms with E-state index in [2.05, 4.69) is 20.5 Å². The summed E-state index contributed by atoms with van der Waals surface area (Å²) in [5.41, 5.74) is 0.791. The first-order valence-electron chi connectivity index (χ1n) is 7.43. The van der Waals surface area contributed by atoms with Gasteiger partial charge in [0.1, 0.15) is 5.82 Å². The van der Waals surface area contributed by atoms with Crippen molar-refractivity contribution in [2.75, 3.05) is 21.3 Å². The smallest absolute Gasteiger partial charge is 0.453 e. The van der Waals surface area contributed by atoms with E-state index in [1.54, 1.807) is 25.2 Å². The van der Waals surface area contributed by atoms with Gasteiger partial charge in [-0.3, -0.25) is 5.10 Å². The Bertz CT molecular complexity index is 763. The molecule has 0 spiro atoms. The number of H-pyrrole nitrogens is 1. The van der Waals surface area contributed by atoms with E-state index in [1.165, 1.54) is 19.1 Å². The number of rotatable bonds is 6. The van der Waals surface area contributed by atoms with Crippen molar-refractivity contribution in [3.8, 4) is 11.5 Å². The molecule has 0 fully saturated rings. The Morgan fingerprint density at radius 2 is 1.96 bits per heavy atom. The molecule has 0 aliphatic heterocycles. The third-order valence-corrected chi connectivity index (χ3v) is 3.41.